The summed E-state index contributed by atoms with van der Waals surface area (Å²) in [5.41, 5.74) is 3.60. The molecule has 0 amide bonds. The molecule has 6 rings (SSSR count). The molecule has 3 aromatic rings. The third-order valence-electron chi connectivity index (χ3n) is 6.48. The van der Waals surface area contributed by atoms with Crippen molar-refractivity contribution >= 4 is 33.2 Å². The second kappa shape index (κ2) is 8.13. The normalized spacial score (nSPS) is 15.5. The van der Waals surface area contributed by atoms with E-state index >= 15 is 0 Å². The first kappa shape index (κ1) is 21.7. The molecule has 2 N–H and O–H groups in total. The van der Waals surface area contributed by atoms with Crippen LogP contribution in [0.3, 0.4) is 0 Å². The van der Waals surface area contributed by atoms with Gasteiger partial charge in [-0.3, -0.25) is 4.99 Å². The van der Waals surface area contributed by atoms with Gasteiger partial charge in [-0.2, -0.15) is 8.42 Å². The van der Waals surface area contributed by atoms with E-state index < -0.39 is 10.0 Å². The van der Waals surface area contributed by atoms with Gasteiger partial charge in [0.05, 0.1) is 16.3 Å². The second-order valence-corrected chi connectivity index (χ2v) is 10.6. The molecule has 3 aliphatic rings. The Hall–Kier alpha value is -3.85. The topological polar surface area (TPSA) is 100 Å². The lowest BCUT2D eigenvalue weighted by Crippen LogP contribution is -2.32. The number of aryl methyl sites for hydroxylation is 1. The van der Waals surface area contributed by atoms with Crippen LogP contribution in [0.1, 0.15) is 17.5 Å². The molecule has 0 saturated carbocycles. The van der Waals surface area contributed by atoms with Crippen molar-refractivity contribution in [2.75, 3.05) is 25.2 Å². The van der Waals surface area contributed by atoms with E-state index in [-0.39, 0.29) is 23.1 Å². The average Bonchev–Trinajstić information content (AvgIpc) is 3.48. The molecule has 9 heteroatoms. The molecule has 3 aliphatic heterocycles. The maximum Gasteiger partial charge on any atom is 0.400 e. The molecule has 178 valence electrons. The highest BCUT2D eigenvalue weighted by Gasteiger charge is 2.39. The number of hydrogen-bond acceptors (Lipinski definition) is 7. The largest absolute Gasteiger partial charge is 0.501 e. The summed E-state index contributed by atoms with van der Waals surface area (Å²) in [6.07, 6.45) is 2.92. The number of nitrogens with one attached hydrogen (secondary N) is 1. The summed E-state index contributed by atoms with van der Waals surface area (Å²) < 4.78 is 39.1. The highest BCUT2D eigenvalue weighted by atomic mass is 32.2. The van der Waals surface area contributed by atoms with Crippen molar-refractivity contribution in [3.05, 3.63) is 70.2 Å². The fraction of sp³-hybridized carbons (Fsp3) is 0.231. The lowest BCUT2D eigenvalue weighted by molar-refractivity contribution is -0.253. The van der Waals surface area contributed by atoms with Crippen molar-refractivity contribution in [1.29, 1.82) is 0 Å². The molecule has 35 heavy (non-hydrogen) atoms. The number of sulfonamides is 1. The number of ether oxygens (including phenoxy) is 2. The third-order valence-corrected chi connectivity index (χ3v) is 8.15. The zero-order valence-corrected chi connectivity index (χ0v) is 19.9. The summed E-state index contributed by atoms with van der Waals surface area (Å²) in [6, 6.07) is 14.3. The number of phenols is 1. The van der Waals surface area contributed by atoms with E-state index in [1.165, 1.54) is 3.98 Å². The zero-order chi connectivity index (χ0) is 24.2. The van der Waals surface area contributed by atoms with Crippen molar-refractivity contribution in [2.45, 2.75) is 24.7 Å². The van der Waals surface area contributed by atoms with Crippen molar-refractivity contribution in [3.8, 4) is 17.2 Å². The molecule has 3 aromatic carbocycles. The molecule has 0 unspecified atom stereocenters. The van der Waals surface area contributed by atoms with Gasteiger partial charge in [-0.25, -0.2) is 0 Å². The van der Waals surface area contributed by atoms with E-state index in [0.29, 0.717) is 42.2 Å². The number of aromatic hydroxyl groups is 1. The molecule has 3 heterocycles. The highest BCUT2D eigenvalue weighted by Crippen LogP contribution is 2.36. The Kier molecular flexibility index (Phi) is 5.03. The number of nitrogens with zero attached hydrogens (tertiary/aromatic N) is 2. The lowest BCUT2D eigenvalue weighted by atomic mass is 10.1. The molecule has 0 atom stereocenters. The molecule has 0 radical (unpaired) electrons. The Morgan fingerprint density at radius 2 is 1.89 bits per heavy atom. The Bertz CT molecular complexity index is 1630. The number of benzene rings is 3. The summed E-state index contributed by atoms with van der Waals surface area (Å²) in [6.45, 7) is 3.22. The van der Waals surface area contributed by atoms with Crippen molar-refractivity contribution in [2.24, 2.45) is 4.99 Å². The standard InChI is InChI=1S/C26H23N3O5S/c1-16-2-5-19(6-3-16)35(31,32)29-14-18-9-11-27-20-13-21(26(30)25(29)24(18)20)28-10-8-17-4-7-22-23(12-17)34-15-33-22/h2-7,12-14H,8-11,15H2,1H3,(H,27,28)/p+1. The molecule has 0 fully saturated rings. The molecule has 0 spiro atoms. The van der Waals surface area contributed by atoms with Crippen LogP contribution < -0.4 is 25.4 Å². The maximum absolute atomic E-state index is 13.6. The Morgan fingerprint density at radius 3 is 2.71 bits per heavy atom. The maximum atomic E-state index is 13.6. The highest BCUT2D eigenvalue weighted by molar-refractivity contribution is 7.85. The van der Waals surface area contributed by atoms with Gasteiger partial charge in [-0.05, 0) is 55.7 Å². The fourth-order valence-corrected chi connectivity index (χ4v) is 6.03. The van der Waals surface area contributed by atoms with Gasteiger partial charge in [-0.15, -0.1) is 0 Å². The van der Waals surface area contributed by atoms with E-state index in [0.717, 1.165) is 28.2 Å². The van der Waals surface area contributed by atoms with Crippen molar-refractivity contribution in [1.82, 2.24) is 0 Å². The minimum absolute atomic E-state index is 0.103. The van der Waals surface area contributed by atoms with E-state index in [2.05, 4.69) is 10.3 Å². The summed E-state index contributed by atoms with van der Waals surface area (Å²) in [5, 5.41) is 15.9. The Balaban J connectivity index is 1.34. The van der Waals surface area contributed by atoms with E-state index in [1.54, 1.807) is 36.5 Å². The predicted octanol–water partition coefficient (Wildman–Crippen LogP) is 2.38. The monoisotopic (exact) mass is 490 g/mol. The first-order chi connectivity index (χ1) is 16.9. The van der Waals surface area contributed by atoms with Gasteiger partial charge in [0.25, 0.3) is 5.69 Å². The number of fused-ring (bicyclic) bond motifs is 1. The number of anilines is 1. The van der Waals surface area contributed by atoms with Crippen LogP contribution in [0.5, 0.6) is 17.2 Å². The van der Waals surface area contributed by atoms with Gasteiger partial charge in [0.15, 0.2) is 17.7 Å². The van der Waals surface area contributed by atoms with Gasteiger partial charge < -0.3 is 19.9 Å². The quantitative estimate of drug-likeness (QED) is 0.407. The van der Waals surface area contributed by atoms with Crippen LogP contribution in [0.4, 0.5) is 11.4 Å². The van der Waals surface area contributed by atoms with Crippen LogP contribution in [0.2, 0.25) is 0 Å². The van der Waals surface area contributed by atoms with Gasteiger partial charge in [0, 0.05) is 18.7 Å². The van der Waals surface area contributed by atoms with E-state index in [9.17, 15) is 13.5 Å². The van der Waals surface area contributed by atoms with Crippen molar-refractivity contribution in [3.63, 3.8) is 0 Å². The average molecular weight is 491 g/mol. The van der Waals surface area contributed by atoms with Crippen LogP contribution in [0, 0.1) is 6.92 Å². The predicted molar refractivity (Wildman–Crippen MR) is 131 cm³/mol. The SMILES string of the molecule is Cc1ccc(S(=O)(=O)[N+]2=CC3=c4c2c(O)c(NCCc2ccc5c(c2)OCO5)cc4=NCC3)cc1. The lowest BCUT2D eigenvalue weighted by Gasteiger charge is -2.11. The van der Waals surface area contributed by atoms with Crippen LogP contribution >= 0.6 is 0 Å². The van der Waals surface area contributed by atoms with Crippen LogP contribution in [0.25, 0.3) is 5.57 Å². The molecule has 8 nitrogen and oxygen atoms in total. The van der Waals surface area contributed by atoms with Crippen LogP contribution in [-0.2, 0) is 16.4 Å². The van der Waals surface area contributed by atoms with E-state index in [4.69, 9.17) is 9.47 Å². The first-order valence-corrected chi connectivity index (χ1v) is 12.9. The smallest absolute Gasteiger partial charge is 0.400 e. The zero-order valence-electron chi connectivity index (χ0n) is 19.1. The molecular weight excluding hydrogens is 466 g/mol. The fourth-order valence-electron chi connectivity index (χ4n) is 4.64. The summed E-state index contributed by atoms with van der Waals surface area (Å²) in [4.78, 5) is 4.78. The third kappa shape index (κ3) is 3.63. The molecule has 0 bridgehead atoms. The van der Waals surface area contributed by atoms with Crippen LogP contribution in [-0.4, -0.2) is 43.6 Å². The second-order valence-electron chi connectivity index (χ2n) is 8.78. The molecule has 0 saturated heterocycles. The molecule has 0 aliphatic carbocycles. The molecule has 0 aromatic heterocycles. The summed E-state index contributed by atoms with van der Waals surface area (Å²) in [7, 11) is -3.91. The number of phenolic OH excluding ortho intramolecular Hbond substituents is 1. The van der Waals surface area contributed by atoms with Crippen molar-refractivity contribution < 1.29 is 27.0 Å². The summed E-state index contributed by atoms with van der Waals surface area (Å²) in [5.74, 6) is 1.35. The van der Waals surface area contributed by atoms with Crippen LogP contribution in [0.15, 0.2) is 58.4 Å². The minimum atomic E-state index is -3.91. The van der Waals surface area contributed by atoms with Gasteiger partial charge in [-0.1, -0.05) is 27.7 Å². The van der Waals surface area contributed by atoms with E-state index in [1.807, 2.05) is 25.1 Å². The summed E-state index contributed by atoms with van der Waals surface area (Å²) >= 11 is 0. The van der Waals surface area contributed by atoms with Gasteiger partial charge in [0.1, 0.15) is 4.90 Å². The Morgan fingerprint density at radius 1 is 1.09 bits per heavy atom. The number of hydrogen-bond donors (Lipinski definition) is 2. The minimum Gasteiger partial charge on any atom is -0.501 e. The Labute approximate surface area is 202 Å². The van der Waals surface area contributed by atoms with Gasteiger partial charge >= 0.3 is 10.0 Å². The molecular formula is C26H24N3O5S+. The number of rotatable bonds is 6. The van der Waals surface area contributed by atoms with Gasteiger partial charge in [0.2, 0.25) is 12.5 Å². The first-order valence-electron chi connectivity index (χ1n) is 11.4.